The fourth-order valence-electron chi connectivity index (χ4n) is 1.68. The molecule has 108 valence electrons. The quantitative estimate of drug-likeness (QED) is 0.841. The van der Waals surface area contributed by atoms with Gasteiger partial charge in [-0.3, -0.25) is 9.59 Å². The Balaban J connectivity index is 1.92. The van der Waals surface area contributed by atoms with Crippen molar-refractivity contribution >= 4 is 33.8 Å². The van der Waals surface area contributed by atoms with E-state index in [0.29, 0.717) is 15.8 Å². The van der Waals surface area contributed by atoms with Gasteiger partial charge in [0.25, 0.3) is 5.91 Å². The van der Waals surface area contributed by atoms with Crippen molar-refractivity contribution in [2.45, 2.75) is 6.92 Å². The molecule has 5 heteroatoms. The lowest BCUT2D eigenvalue weighted by molar-refractivity contribution is -0.118. The van der Waals surface area contributed by atoms with E-state index in [1.807, 2.05) is 31.2 Å². The van der Waals surface area contributed by atoms with E-state index in [1.54, 1.807) is 18.2 Å². The molecular formula is C16H14BrNO3. The van der Waals surface area contributed by atoms with Crippen LogP contribution in [0, 0.1) is 6.92 Å². The number of carbonyl (C=O) groups is 2. The Hall–Kier alpha value is -2.14. The van der Waals surface area contributed by atoms with E-state index in [0.717, 1.165) is 17.5 Å². The summed E-state index contributed by atoms with van der Waals surface area (Å²) in [6.45, 7) is 1.86. The maximum absolute atomic E-state index is 11.8. The summed E-state index contributed by atoms with van der Waals surface area (Å²) < 4.78 is 6.06. The molecule has 0 atom stereocenters. The van der Waals surface area contributed by atoms with Crippen LogP contribution in [0.15, 0.2) is 46.9 Å². The number of carbonyl (C=O) groups excluding carboxylic acids is 2. The molecule has 4 nitrogen and oxygen atoms in total. The van der Waals surface area contributed by atoms with Gasteiger partial charge in [-0.25, -0.2) is 0 Å². The second-order valence-electron chi connectivity index (χ2n) is 4.50. The van der Waals surface area contributed by atoms with Gasteiger partial charge in [0.2, 0.25) is 0 Å². The zero-order valence-corrected chi connectivity index (χ0v) is 13.0. The van der Waals surface area contributed by atoms with Gasteiger partial charge in [0.05, 0.1) is 0 Å². The normalized spacial score (nSPS) is 10.0. The van der Waals surface area contributed by atoms with Crippen LogP contribution >= 0.6 is 15.9 Å². The molecule has 1 N–H and O–H groups in total. The minimum Gasteiger partial charge on any atom is -0.484 e. The lowest BCUT2D eigenvalue weighted by atomic mass is 10.2. The van der Waals surface area contributed by atoms with Gasteiger partial charge in [-0.05, 0) is 37.3 Å². The van der Waals surface area contributed by atoms with Crippen molar-refractivity contribution in [3.8, 4) is 5.75 Å². The molecule has 0 aliphatic heterocycles. The Labute approximate surface area is 131 Å². The van der Waals surface area contributed by atoms with Crippen molar-refractivity contribution in [1.82, 2.24) is 0 Å². The summed E-state index contributed by atoms with van der Waals surface area (Å²) in [6.07, 6.45) is 0.726. The number of anilines is 1. The van der Waals surface area contributed by atoms with E-state index in [4.69, 9.17) is 4.74 Å². The molecular weight excluding hydrogens is 334 g/mol. The maximum atomic E-state index is 11.8. The third kappa shape index (κ3) is 4.43. The summed E-state index contributed by atoms with van der Waals surface area (Å²) in [5.74, 6) is 0.216. The topological polar surface area (TPSA) is 55.4 Å². The largest absolute Gasteiger partial charge is 0.484 e. The Bertz CT molecular complexity index is 653. The predicted molar refractivity (Wildman–Crippen MR) is 84.8 cm³/mol. The molecule has 0 saturated heterocycles. The third-order valence-electron chi connectivity index (χ3n) is 2.80. The molecule has 1 amide bonds. The van der Waals surface area contributed by atoms with Crippen molar-refractivity contribution in [1.29, 1.82) is 0 Å². The zero-order valence-electron chi connectivity index (χ0n) is 11.4. The van der Waals surface area contributed by atoms with Crippen molar-refractivity contribution in [3.63, 3.8) is 0 Å². The second kappa shape index (κ2) is 7.04. The number of amides is 1. The molecule has 0 saturated carbocycles. The van der Waals surface area contributed by atoms with Gasteiger partial charge in [0.15, 0.2) is 12.9 Å². The van der Waals surface area contributed by atoms with Crippen molar-refractivity contribution in [3.05, 3.63) is 58.1 Å². The minimum atomic E-state index is -0.255. The summed E-state index contributed by atoms with van der Waals surface area (Å²) >= 11 is 3.25. The van der Waals surface area contributed by atoms with Crippen LogP contribution < -0.4 is 10.1 Å². The first kappa shape index (κ1) is 15.3. The molecule has 0 aliphatic carbocycles. The lowest BCUT2D eigenvalue weighted by Gasteiger charge is -2.08. The zero-order chi connectivity index (χ0) is 15.2. The summed E-state index contributed by atoms with van der Waals surface area (Å²) in [5.41, 5.74) is 2.32. The van der Waals surface area contributed by atoms with Gasteiger partial charge in [0, 0.05) is 15.7 Å². The molecule has 2 aromatic carbocycles. The molecule has 0 aromatic heterocycles. The van der Waals surface area contributed by atoms with Crippen LogP contribution in [0.4, 0.5) is 5.69 Å². The van der Waals surface area contributed by atoms with E-state index >= 15 is 0 Å². The number of ether oxygens (including phenoxy) is 1. The van der Waals surface area contributed by atoms with Gasteiger partial charge in [-0.2, -0.15) is 0 Å². The SMILES string of the molecule is Cc1ccc(NC(=O)COc2ccc(Br)c(C=O)c2)cc1. The van der Waals surface area contributed by atoms with E-state index in [-0.39, 0.29) is 12.5 Å². The molecule has 0 unspecified atom stereocenters. The van der Waals surface area contributed by atoms with Crippen LogP contribution in [-0.4, -0.2) is 18.8 Å². The summed E-state index contributed by atoms with van der Waals surface area (Å²) in [4.78, 5) is 22.6. The smallest absolute Gasteiger partial charge is 0.262 e. The number of hydrogen-bond donors (Lipinski definition) is 1. The molecule has 21 heavy (non-hydrogen) atoms. The van der Waals surface area contributed by atoms with Gasteiger partial charge < -0.3 is 10.1 Å². The molecule has 0 radical (unpaired) electrons. The van der Waals surface area contributed by atoms with Crippen LogP contribution in [0.2, 0.25) is 0 Å². The third-order valence-corrected chi connectivity index (χ3v) is 3.52. The number of rotatable bonds is 5. The molecule has 0 fully saturated rings. The summed E-state index contributed by atoms with van der Waals surface area (Å²) in [7, 11) is 0. The van der Waals surface area contributed by atoms with Crippen molar-refractivity contribution in [2.24, 2.45) is 0 Å². The number of aldehydes is 1. The first-order chi connectivity index (χ1) is 10.1. The molecule has 0 heterocycles. The summed E-state index contributed by atoms with van der Waals surface area (Å²) in [6, 6.07) is 12.5. The van der Waals surface area contributed by atoms with Crippen LogP contribution in [0.25, 0.3) is 0 Å². The highest BCUT2D eigenvalue weighted by atomic mass is 79.9. The highest BCUT2D eigenvalue weighted by Crippen LogP contribution is 2.21. The highest BCUT2D eigenvalue weighted by molar-refractivity contribution is 9.10. The lowest BCUT2D eigenvalue weighted by Crippen LogP contribution is -2.20. The van der Waals surface area contributed by atoms with Gasteiger partial charge in [0.1, 0.15) is 5.75 Å². The first-order valence-electron chi connectivity index (χ1n) is 6.32. The fraction of sp³-hybridized carbons (Fsp3) is 0.125. The van der Waals surface area contributed by atoms with Crippen molar-refractivity contribution < 1.29 is 14.3 Å². The minimum absolute atomic E-state index is 0.117. The Morgan fingerprint density at radius 1 is 1.24 bits per heavy atom. The van der Waals surface area contributed by atoms with Gasteiger partial charge in [-0.1, -0.05) is 33.6 Å². The number of hydrogen-bond acceptors (Lipinski definition) is 3. The predicted octanol–water partition coefficient (Wildman–Crippen LogP) is 3.59. The van der Waals surface area contributed by atoms with E-state index in [2.05, 4.69) is 21.2 Å². The number of benzene rings is 2. The summed E-state index contributed by atoms with van der Waals surface area (Å²) in [5, 5.41) is 2.74. The Morgan fingerprint density at radius 3 is 2.62 bits per heavy atom. The second-order valence-corrected chi connectivity index (χ2v) is 5.36. The van der Waals surface area contributed by atoms with Crippen LogP contribution in [0.1, 0.15) is 15.9 Å². The van der Waals surface area contributed by atoms with Crippen LogP contribution in [-0.2, 0) is 4.79 Å². The highest BCUT2D eigenvalue weighted by Gasteiger charge is 2.06. The van der Waals surface area contributed by atoms with E-state index in [9.17, 15) is 9.59 Å². The average Bonchev–Trinajstić information content (AvgIpc) is 2.49. The number of halogens is 1. The molecule has 2 aromatic rings. The molecule has 2 rings (SSSR count). The maximum Gasteiger partial charge on any atom is 0.262 e. The Morgan fingerprint density at radius 2 is 1.95 bits per heavy atom. The fourth-order valence-corrected chi connectivity index (χ4v) is 2.02. The Kier molecular flexibility index (Phi) is 5.11. The van der Waals surface area contributed by atoms with Gasteiger partial charge in [-0.15, -0.1) is 0 Å². The standard InChI is InChI=1S/C16H14BrNO3/c1-11-2-4-13(5-3-11)18-16(20)10-21-14-6-7-15(17)12(8-14)9-19/h2-9H,10H2,1H3,(H,18,20). The molecule has 0 spiro atoms. The van der Waals surface area contributed by atoms with Crippen LogP contribution in [0.3, 0.4) is 0 Å². The van der Waals surface area contributed by atoms with E-state index < -0.39 is 0 Å². The van der Waals surface area contributed by atoms with Crippen LogP contribution in [0.5, 0.6) is 5.75 Å². The average molecular weight is 348 g/mol. The van der Waals surface area contributed by atoms with E-state index in [1.165, 1.54) is 0 Å². The molecule has 0 aliphatic rings. The van der Waals surface area contributed by atoms with Crippen molar-refractivity contribution in [2.75, 3.05) is 11.9 Å². The number of aryl methyl sites for hydroxylation is 1. The first-order valence-corrected chi connectivity index (χ1v) is 7.12. The number of nitrogens with one attached hydrogen (secondary N) is 1. The molecule has 0 bridgehead atoms. The monoisotopic (exact) mass is 347 g/mol. The van der Waals surface area contributed by atoms with Gasteiger partial charge >= 0.3 is 0 Å².